The molecule has 1 heterocycles. The lowest BCUT2D eigenvalue weighted by Crippen LogP contribution is -2.59. The third kappa shape index (κ3) is 4.57. The molecule has 0 saturated carbocycles. The number of nitrogens with zero attached hydrogens (tertiary/aromatic N) is 2. The van der Waals surface area contributed by atoms with Crippen LogP contribution in [0.15, 0.2) is 24.3 Å². The Hall–Kier alpha value is -1.15. The van der Waals surface area contributed by atoms with E-state index in [4.69, 9.17) is 21.7 Å². The number of thiocarbonyl (C=S) groups is 1. The Morgan fingerprint density at radius 1 is 1.31 bits per heavy atom. The van der Waals surface area contributed by atoms with Gasteiger partial charge in [-0.05, 0) is 19.1 Å². The molecular formula is C19H28N2O3S2. The maximum atomic E-state index is 11.8. The van der Waals surface area contributed by atoms with Crippen LogP contribution in [0.3, 0.4) is 0 Å². The van der Waals surface area contributed by atoms with Crippen LogP contribution in [0.25, 0.3) is 0 Å². The Kier molecular flexibility index (Phi) is 7.88. The zero-order valence-electron chi connectivity index (χ0n) is 16.0. The van der Waals surface area contributed by atoms with E-state index in [0.717, 1.165) is 30.3 Å². The van der Waals surface area contributed by atoms with Crippen molar-refractivity contribution >= 4 is 34.6 Å². The Labute approximate surface area is 166 Å². The molecule has 0 aromatic heterocycles. The van der Waals surface area contributed by atoms with Gasteiger partial charge in [0.1, 0.15) is 17.3 Å². The van der Waals surface area contributed by atoms with Gasteiger partial charge in [-0.15, -0.1) is 11.8 Å². The lowest BCUT2D eigenvalue weighted by atomic mass is 10.1. The van der Waals surface area contributed by atoms with Crippen LogP contribution in [0.1, 0.15) is 27.2 Å². The van der Waals surface area contributed by atoms with Crippen LogP contribution in [0.2, 0.25) is 0 Å². The molecule has 1 unspecified atom stereocenters. The lowest BCUT2D eigenvalue weighted by molar-refractivity contribution is -0.116. The van der Waals surface area contributed by atoms with Crippen LogP contribution in [0, 0.1) is 0 Å². The number of hydrogen-bond acceptors (Lipinski definition) is 7. The average molecular weight is 397 g/mol. The number of methoxy groups -OCH3 is 1. The summed E-state index contributed by atoms with van der Waals surface area (Å²) >= 11 is 7.51. The standard InChI is InChI=1S/C19H28N2O3S2/c1-5-20(6-2)21-11-12-26-19(21,18(25)13-15(3)22)14-24-17-10-8-7-9-16(17)23-4/h7-10H,5-6,11-14H2,1-4H3. The second-order valence-corrected chi connectivity index (χ2v) is 8.00. The summed E-state index contributed by atoms with van der Waals surface area (Å²) in [6, 6.07) is 7.60. The molecule has 1 fully saturated rings. The summed E-state index contributed by atoms with van der Waals surface area (Å²) in [4.78, 5) is 12.0. The Bertz CT molecular complexity index is 637. The van der Waals surface area contributed by atoms with Crippen LogP contribution in [0.5, 0.6) is 11.5 Å². The normalized spacial score (nSPS) is 20.3. The third-order valence-electron chi connectivity index (χ3n) is 4.47. The Morgan fingerprint density at radius 3 is 2.54 bits per heavy atom. The second-order valence-electron chi connectivity index (χ2n) is 6.14. The van der Waals surface area contributed by atoms with E-state index in [1.807, 2.05) is 24.3 Å². The van der Waals surface area contributed by atoms with Crippen LogP contribution < -0.4 is 9.47 Å². The number of thioether (sulfide) groups is 1. The van der Waals surface area contributed by atoms with E-state index in [-0.39, 0.29) is 12.2 Å². The summed E-state index contributed by atoms with van der Waals surface area (Å²) in [5.41, 5.74) is 0. The molecule has 7 heteroatoms. The number of ketones is 1. The predicted octanol–water partition coefficient (Wildman–Crippen LogP) is 3.42. The second kappa shape index (κ2) is 9.69. The molecule has 0 aliphatic carbocycles. The van der Waals surface area contributed by atoms with Gasteiger partial charge in [-0.25, -0.2) is 10.0 Å². The summed E-state index contributed by atoms with van der Waals surface area (Å²) in [7, 11) is 1.63. The lowest BCUT2D eigenvalue weighted by Gasteiger charge is -2.43. The van der Waals surface area contributed by atoms with Gasteiger partial charge in [-0.3, -0.25) is 4.79 Å². The van der Waals surface area contributed by atoms with E-state index < -0.39 is 4.87 Å². The molecule has 1 aliphatic heterocycles. The van der Waals surface area contributed by atoms with E-state index in [1.54, 1.807) is 25.8 Å². The van der Waals surface area contributed by atoms with Crippen LogP contribution >= 0.6 is 24.0 Å². The first-order valence-electron chi connectivity index (χ1n) is 8.93. The van der Waals surface area contributed by atoms with Crippen LogP contribution in [0.4, 0.5) is 0 Å². The monoisotopic (exact) mass is 396 g/mol. The summed E-state index contributed by atoms with van der Waals surface area (Å²) in [5, 5.41) is 4.57. The Balaban J connectivity index is 2.31. The van der Waals surface area contributed by atoms with Crippen molar-refractivity contribution in [1.82, 2.24) is 10.0 Å². The molecule has 26 heavy (non-hydrogen) atoms. The van der Waals surface area contributed by atoms with E-state index >= 15 is 0 Å². The highest BCUT2D eigenvalue weighted by Crippen LogP contribution is 2.41. The predicted molar refractivity (Wildman–Crippen MR) is 111 cm³/mol. The first-order chi connectivity index (χ1) is 12.5. The largest absolute Gasteiger partial charge is 0.493 e. The van der Waals surface area contributed by atoms with E-state index in [1.165, 1.54) is 0 Å². The quantitative estimate of drug-likeness (QED) is 0.561. The van der Waals surface area contributed by atoms with Crippen molar-refractivity contribution in [1.29, 1.82) is 0 Å². The Morgan fingerprint density at radius 2 is 1.96 bits per heavy atom. The molecule has 0 bridgehead atoms. The third-order valence-corrected chi connectivity index (χ3v) is 6.52. The van der Waals surface area contributed by atoms with E-state index in [9.17, 15) is 4.79 Å². The molecule has 0 amide bonds. The van der Waals surface area contributed by atoms with Gasteiger partial charge >= 0.3 is 0 Å². The van der Waals surface area contributed by atoms with Gasteiger partial charge in [0.2, 0.25) is 0 Å². The summed E-state index contributed by atoms with van der Waals surface area (Å²) in [6.07, 6.45) is 0.287. The summed E-state index contributed by atoms with van der Waals surface area (Å²) in [5.74, 6) is 2.41. The first kappa shape index (κ1) is 21.2. The van der Waals surface area contributed by atoms with Crippen molar-refractivity contribution in [3.05, 3.63) is 24.3 Å². The maximum absolute atomic E-state index is 11.8. The number of hydrazine groups is 1. The number of benzene rings is 1. The van der Waals surface area contributed by atoms with Crippen LogP contribution in [-0.2, 0) is 4.79 Å². The van der Waals surface area contributed by atoms with Gasteiger partial charge in [-0.2, -0.15) is 0 Å². The minimum atomic E-state index is -0.520. The SMILES string of the molecule is CCN(CC)N1CCSC1(COc1ccccc1OC)C(=S)CC(C)=O. The molecule has 0 N–H and O–H groups in total. The molecule has 0 radical (unpaired) electrons. The molecule has 1 aromatic carbocycles. The molecule has 144 valence electrons. The van der Waals surface area contributed by atoms with Crippen molar-refractivity contribution in [3.63, 3.8) is 0 Å². The van der Waals surface area contributed by atoms with Gasteiger partial charge in [0.25, 0.3) is 0 Å². The average Bonchev–Trinajstić information content (AvgIpc) is 3.06. The number of ether oxygens (including phenoxy) is 2. The number of rotatable bonds is 10. The maximum Gasteiger partial charge on any atom is 0.161 e. The number of hydrogen-bond donors (Lipinski definition) is 0. The molecule has 1 aromatic rings. The fourth-order valence-electron chi connectivity index (χ4n) is 3.19. The summed E-state index contributed by atoms with van der Waals surface area (Å²) < 4.78 is 11.6. The highest BCUT2D eigenvalue weighted by Gasteiger charge is 2.48. The molecule has 1 atom stereocenters. The topological polar surface area (TPSA) is 42.0 Å². The number of para-hydroxylation sites is 2. The fraction of sp³-hybridized carbons (Fsp3) is 0.579. The van der Waals surface area contributed by atoms with E-state index in [2.05, 4.69) is 23.9 Å². The molecule has 1 aliphatic rings. The van der Waals surface area contributed by atoms with Gasteiger partial charge in [0, 0.05) is 36.7 Å². The molecule has 2 rings (SSSR count). The summed E-state index contributed by atoms with van der Waals surface area (Å²) in [6.45, 7) is 8.88. The molecule has 1 saturated heterocycles. The zero-order chi connectivity index (χ0) is 19.2. The minimum Gasteiger partial charge on any atom is -0.493 e. The van der Waals surface area contributed by atoms with E-state index in [0.29, 0.717) is 18.1 Å². The van der Waals surface area contributed by atoms with Crippen LogP contribution in [-0.4, -0.2) is 64.6 Å². The van der Waals surface area contributed by atoms with Gasteiger partial charge in [0.05, 0.1) is 7.11 Å². The van der Waals surface area contributed by atoms with Crippen molar-refractivity contribution in [3.8, 4) is 11.5 Å². The number of carbonyl (C=O) groups excluding carboxylic acids is 1. The van der Waals surface area contributed by atoms with Gasteiger partial charge in [0.15, 0.2) is 11.5 Å². The highest BCUT2D eigenvalue weighted by molar-refractivity contribution is 8.02. The van der Waals surface area contributed by atoms with Crippen molar-refractivity contribution in [2.75, 3.05) is 39.1 Å². The highest BCUT2D eigenvalue weighted by atomic mass is 32.2. The molecule has 0 spiro atoms. The van der Waals surface area contributed by atoms with Gasteiger partial charge < -0.3 is 9.47 Å². The van der Waals surface area contributed by atoms with Crippen molar-refractivity contribution in [2.24, 2.45) is 0 Å². The van der Waals surface area contributed by atoms with Crippen molar-refractivity contribution in [2.45, 2.75) is 32.1 Å². The van der Waals surface area contributed by atoms with Crippen molar-refractivity contribution < 1.29 is 14.3 Å². The molecular weight excluding hydrogens is 368 g/mol. The smallest absolute Gasteiger partial charge is 0.161 e. The first-order valence-corrected chi connectivity index (χ1v) is 10.3. The zero-order valence-corrected chi connectivity index (χ0v) is 17.6. The molecule has 5 nitrogen and oxygen atoms in total. The van der Waals surface area contributed by atoms with Gasteiger partial charge in [-0.1, -0.05) is 38.2 Å². The number of carbonyl (C=O) groups is 1. The number of Topliss-reactive ketones (excluding diaryl/α,β-unsaturated/α-hetero) is 1. The minimum absolute atomic E-state index is 0.0821. The fourth-order valence-corrected chi connectivity index (χ4v) is 5.07.